The SMILES string of the molecule is CCCCCCCCCCc1cccc(CC(=N)N(CCc2ccc(C(F)(F)F)cc2)c2ccc(OC)c(OC)c2)c1. The van der Waals surface area contributed by atoms with Crippen molar-refractivity contribution in [3.63, 3.8) is 0 Å². The molecule has 0 heterocycles. The molecule has 0 unspecified atom stereocenters. The molecule has 0 amide bonds. The van der Waals surface area contributed by atoms with Gasteiger partial charge in [0, 0.05) is 24.7 Å². The number of ether oxygens (including phenoxy) is 2. The van der Waals surface area contributed by atoms with Crippen LogP contribution in [0.3, 0.4) is 0 Å². The summed E-state index contributed by atoms with van der Waals surface area (Å²) in [5.74, 6) is 1.54. The average Bonchev–Trinajstić information content (AvgIpc) is 2.98. The molecule has 1 N–H and O–H groups in total. The predicted octanol–water partition coefficient (Wildman–Crippen LogP) is 9.67. The molecule has 3 rings (SSSR count). The summed E-state index contributed by atoms with van der Waals surface area (Å²) in [6, 6.07) is 19.2. The molecule has 0 aliphatic heterocycles. The third-order valence-corrected chi connectivity index (χ3v) is 7.59. The van der Waals surface area contributed by atoms with Crippen molar-refractivity contribution in [3.05, 3.63) is 89.0 Å². The number of alkyl halides is 3. The van der Waals surface area contributed by atoms with E-state index in [1.54, 1.807) is 20.3 Å². The summed E-state index contributed by atoms with van der Waals surface area (Å²) < 4.78 is 50.0. The second-order valence-electron chi connectivity index (χ2n) is 10.8. The zero-order valence-electron chi connectivity index (χ0n) is 25.2. The number of aryl methyl sites for hydroxylation is 1. The minimum atomic E-state index is -4.37. The molecule has 4 nitrogen and oxygen atoms in total. The molecule has 42 heavy (non-hydrogen) atoms. The fourth-order valence-electron chi connectivity index (χ4n) is 5.16. The lowest BCUT2D eigenvalue weighted by Crippen LogP contribution is -2.33. The van der Waals surface area contributed by atoms with Crippen LogP contribution in [0.4, 0.5) is 18.9 Å². The van der Waals surface area contributed by atoms with Gasteiger partial charge in [0.05, 0.1) is 19.8 Å². The van der Waals surface area contributed by atoms with Gasteiger partial charge >= 0.3 is 6.18 Å². The van der Waals surface area contributed by atoms with Gasteiger partial charge in [-0.1, -0.05) is 88.3 Å². The van der Waals surface area contributed by atoms with Gasteiger partial charge in [-0.2, -0.15) is 13.2 Å². The number of halogens is 3. The molecule has 3 aromatic carbocycles. The fourth-order valence-corrected chi connectivity index (χ4v) is 5.16. The Balaban J connectivity index is 1.68. The van der Waals surface area contributed by atoms with Gasteiger partial charge in [0.25, 0.3) is 0 Å². The summed E-state index contributed by atoms with van der Waals surface area (Å²) in [6.45, 7) is 2.67. The van der Waals surface area contributed by atoms with Crippen LogP contribution in [-0.2, 0) is 25.4 Å². The number of hydrogen-bond acceptors (Lipinski definition) is 3. The Morgan fingerprint density at radius 2 is 1.36 bits per heavy atom. The van der Waals surface area contributed by atoms with Crippen molar-refractivity contribution >= 4 is 11.5 Å². The highest BCUT2D eigenvalue weighted by Gasteiger charge is 2.30. The first kappa shape index (κ1) is 33.0. The molecule has 0 saturated heterocycles. The number of amidine groups is 1. The molecular formula is C35H45F3N2O2. The van der Waals surface area contributed by atoms with Crippen LogP contribution in [0.5, 0.6) is 11.5 Å². The normalized spacial score (nSPS) is 11.4. The van der Waals surface area contributed by atoms with Crippen LogP contribution in [0, 0.1) is 5.41 Å². The maximum absolute atomic E-state index is 13.0. The highest BCUT2D eigenvalue weighted by atomic mass is 19.4. The van der Waals surface area contributed by atoms with E-state index in [9.17, 15) is 13.2 Å². The van der Waals surface area contributed by atoms with Gasteiger partial charge < -0.3 is 14.4 Å². The van der Waals surface area contributed by atoms with Crippen molar-refractivity contribution in [1.82, 2.24) is 0 Å². The van der Waals surface area contributed by atoms with E-state index in [1.807, 2.05) is 17.0 Å². The first-order valence-corrected chi connectivity index (χ1v) is 15.1. The number of unbranched alkanes of at least 4 members (excludes halogenated alkanes) is 7. The summed E-state index contributed by atoms with van der Waals surface area (Å²) in [4.78, 5) is 1.89. The molecule has 0 aliphatic rings. The highest BCUT2D eigenvalue weighted by molar-refractivity contribution is 5.97. The quantitative estimate of drug-likeness (QED) is 0.0979. The van der Waals surface area contributed by atoms with E-state index in [0.717, 1.165) is 35.4 Å². The Labute approximate surface area is 249 Å². The summed E-state index contributed by atoms with van der Waals surface area (Å²) in [5, 5.41) is 9.07. The van der Waals surface area contributed by atoms with Crippen molar-refractivity contribution in [1.29, 1.82) is 5.41 Å². The van der Waals surface area contributed by atoms with Crippen molar-refractivity contribution in [2.24, 2.45) is 0 Å². The lowest BCUT2D eigenvalue weighted by molar-refractivity contribution is -0.137. The number of nitrogens with one attached hydrogen (secondary N) is 1. The van der Waals surface area contributed by atoms with E-state index in [4.69, 9.17) is 14.9 Å². The molecule has 7 heteroatoms. The van der Waals surface area contributed by atoms with Crippen molar-refractivity contribution in [3.8, 4) is 11.5 Å². The molecule has 0 saturated carbocycles. The van der Waals surface area contributed by atoms with E-state index in [1.165, 1.54) is 69.1 Å². The Hall–Kier alpha value is -3.48. The number of anilines is 1. The number of nitrogens with zero attached hydrogens (tertiary/aromatic N) is 1. The smallest absolute Gasteiger partial charge is 0.416 e. The minimum absolute atomic E-state index is 0.401. The van der Waals surface area contributed by atoms with Crippen LogP contribution >= 0.6 is 0 Å². The summed E-state index contributed by atoms with van der Waals surface area (Å²) in [7, 11) is 3.14. The molecule has 0 aromatic heterocycles. The van der Waals surface area contributed by atoms with E-state index in [-0.39, 0.29) is 0 Å². The van der Waals surface area contributed by atoms with Gasteiger partial charge in [-0.25, -0.2) is 0 Å². The minimum Gasteiger partial charge on any atom is -0.493 e. The highest BCUT2D eigenvalue weighted by Crippen LogP contribution is 2.32. The first-order valence-electron chi connectivity index (χ1n) is 15.1. The van der Waals surface area contributed by atoms with Gasteiger partial charge in [0.1, 0.15) is 5.84 Å². The second-order valence-corrected chi connectivity index (χ2v) is 10.8. The second kappa shape index (κ2) is 16.8. The molecule has 0 spiro atoms. The zero-order valence-corrected chi connectivity index (χ0v) is 25.2. The van der Waals surface area contributed by atoms with Crippen molar-refractivity contribution in [2.75, 3.05) is 25.7 Å². The van der Waals surface area contributed by atoms with E-state index < -0.39 is 11.7 Å². The van der Waals surface area contributed by atoms with Crippen LogP contribution in [-0.4, -0.2) is 26.6 Å². The third kappa shape index (κ3) is 10.4. The van der Waals surface area contributed by atoms with E-state index in [2.05, 4.69) is 31.2 Å². The molecule has 0 bridgehead atoms. The Morgan fingerprint density at radius 3 is 2.00 bits per heavy atom. The lowest BCUT2D eigenvalue weighted by Gasteiger charge is -2.26. The summed E-state index contributed by atoms with van der Waals surface area (Å²) in [6.07, 6.45) is 7.87. The van der Waals surface area contributed by atoms with Crippen molar-refractivity contribution < 1.29 is 22.6 Å². The van der Waals surface area contributed by atoms with Crippen molar-refractivity contribution in [2.45, 2.75) is 83.7 Å². The lowest BCUT2D eigenvalue weighted by atomic mass is 10.0. The van der Waals surface area contributed by atoms with Gasteiger partial charge in [-0.15, -0.1) is 0 Å². The van der Waals surface area contributed by atoms with Gasteiger partial charge in [-0.05, 0) is 60.2 Å². The number of hydrogen-bond donors (Lipinski definition) is 1. The largest absolute Gasteiger partial charge is 0.493 e. The molecular weight excluding hydrogens is 537 g/mol. The molecule has 228 valence electrons. The molecule has 0 aliphatic carbocycles. The van der Waals surface area contributed by atoms with Crippen LogP contribution in [0.15, 0.2) is 66.7 Å². The Morgan fingerprint density at radius 1 is 0.714 bits per heavy atom. The Bertz CT molecular complexity index is 1240. The monoisotopic (exact) mass is 582 g/mol. The zero-order chi connectivity index (χ0) is 30.4. The van der Waals surface area contributed by atoms with Gasteiger partial charge in [-0.3, -0.25) is 5.41 Å². The molecule has 0 fully saturated rings. The van der Waals surface area contributed by atoms with Gasteiger partial charge in [0.15, 0.2) is 11.5 Å². The first-order chi connectivity index (χ1) is 20.2. The topological polar surface area (TPSA) is 45.6 Å². The van der Waals surface area contributed by atoms with Crippen LogP contribution in [0.2, 0.25) is 0 Å². The van der Waals surface area contributed by atoms with Crippen LogP contribution in [0.1, 0.15) is 80.5 Å². The number of rotatable bonds is 17. The number of methoxy groups -OCH3 is 2. The van der Waals surface area contributed by atoms with Crippen LogP contribution < -0.4 is 14.4 Å². The van der Waals surface area contributed by atoms with E-state index in [0.29, 0.717) is 36.7 Å². The van der Waals surface area contributed by atoms with Crippen LogP contribution in [0.25, 0.3) is 0 Å². The summed E-state index contributed by atoms with van der Waals surface area (Å²) >= 11 is 0. The van der Waals surface area contributed by atoms with E-state index >= 15 is 0 Å². The standard InChI is InChI=1S/C35H45F3N2O2/c1-4-5-6-7-8-9-10-11-13-28-14-12-15-29(24-28)25-34(39)40(31-20-21-32(41-2)33(26-31)42-3)23-22-27-16-18-30(19-17-27)35(36,37)38/h12,14-21,24,26,39H,4-11,13,22-23,25H2,1-3H3. The van der Waals surface area contributed by atoms with Gasteiger partial charge in [0.2, 0.25) is 0 Å². The fraction of sp³-hybridized carbons (Fsp3) is 0.457. The maximum Gasteiger partial charge on any atom is 0.416 e. The number of benzene rings is 3. The molecule has 3 aromatic rings. The maximum atomic E-state index is 13.0. The average molecular weight is 583 g/mol. The molecule has 0 radical (unpaired) electrons. The summed E-state index contributed by atoms with van der Waals surface area (Å²) in [5.41, 5.74) is 3.22. The third-order valence-electron chi connectivity index (χ3n) is 7.59. The molecule has 0 atom stereocenters. The predicted molar refractivity (Wildman–Crippen MR) is 166 cm³/mol. The Kier molecular flexibility index (Phi) is 13.2.